The molecule has 2 rings (SSSR count). The zero-order valence-electron chi connectivity index (χ0n) is 17.7. The van der Waals surface area contributed by atoms with Gasteiger partial charge in [-0.15, -0.1) is 0 Å². The lowest BCUT2D eigenvalue weighted by Gasteiger charge is -2.30. The van der Waals surface area contributed by atoms with Gasteiger partial charge in [-0.25, -0.2) is 4.98 Å². The number of amides is 1. The molecule has 152 valence electrons. The molecule has 0 atom stereocenters. The summed E-state index contributed by atoms with van der Waals surface area (Å²) in [5.74, 6) is -0.493. The molecule has 1 amide bonds. The van der Waals surface area contributed by atoms with Gasteiger partial charge < -0.3 is 14.2 Å². The van der Waals surface area contributed by atoms with E-state index >= 15 is 0 Å². The maximum Gasteiger partial charge on any atom is 0.326 e. The average Bonchev–Trinajstić information content (AvgIpc) is 3.05. The van der Waals surface area contributed by atoms with Gasteiger partial charge in [-0.1, -0.05) is 45.0 Å². The Morgan fingerprint density at radius 2 is 1.71 bits per heavy atom. The molecule has 28 heavy (non-hydrogen) atoms. The second-order valence-corrected chi connectivity index (χ2v) is 9.00. The fraction of sp³-hybridized carbons (Fsp3) is 0.500. The van der Waals surface area contributed by atoms with E-state index in [4.69, 9.17) is 4.74 Å². The number of imidazole rings is 1. The van der Waals surface area contributed by atoms with Crippen LogP contribution in [-0.2, 0) is 27.4 Å². The zero-order chi connectivity index (χ0) is 20.9. The smallest absolute Gasteiger partial charge is 0.326 e. The van der Waals surface area contributed by atoms with Crippen molar-refractivity contribution in [3.8, 4) is 0 Å². The number of carbonyl (C=O) groups excluding carboxylic acids is 2. The van der Waals surface area contributed by atoms with Crippen LogP contribution in [0.3, 0.4) is 0 Å². The maximum absolute atomic E-state index is 13.0. The Bertz CT molecular complexity index is 799. The van der Waals surface area contributed by atoms with E-state index in [1.165, 1.54) is 0 Å². The molecule has 0 saturated heterocycles. The number of aromatic nitrogens is 2. The Labute approximate surface area is 167 Å². The van der Waals surface area contributed by atoms with E-state index < -0.39 is 17.0 Å². The second-order valence-electron chi connectivity index (χ2n) is 9.00. The number of carbonyl (C=O) groups is 2. The predicted octanol–water partition coefficient (Wildman–Crippen LogP) is 3.65. The molecule has 0 saturated carbocycles. The van der Waals surface area contributed by atoms with Crippen LogP contribution in [0.15, 0.2) is 43.0 Å². The van der Waals surface area contributed by atoms with Gasteiger partial charge in [-0.3, -0.25) is 9.59 Å². The molecule has 0 aliphatic heterocycles. The van der Waals surface area contributed by atoms with Crippen LogP contribution < -0.4 is 0 Å². The first-order valence-electron chi connectivity index (χ1n) is 9.49. The summed E-state index contributed by atoms with van der Waals surface area (Å²) in [6, 6.07) is 7.94. The van der Waals surface area contributed by atoms with Crippen LogP contribution in [0.1, 0.15) is 52.7 Å². The fourth-order valence-electron chi connectivity index (χ4n) is 2.85. The third-order valence-corrected chi connectivity index (χ3v) is 4.06. The molecule has 0 aliphatic carbocycles. The van der Waals surface area contributed by atoms with E-state index in [9.17, 15) is 9.59 Å². The molecule has 0 aliphatic rings. The number of benzene rings is 1. The Balaban J connectivity index is 2.25. The average molecular weight is 386 g/mol. The summed E-state index contributed by atoms with van der Waals surface area (Å²) in [6.07, 6.45) is 5.39. The molecule has 0 radical (unpaired) electrons. The van der Waals surface area contributed by atoms with Gasteiger partial charge in [0.05, 0.1) is 6.33 Å². The Morgan fingerprint density at radius 3 is 2.25 bits per heavy atom. The molecule has 0 spiro atoms. The van der Waals surface area contributed by atoms with Crippen LogP contribution in [0.25, 0.3) is 0 Å². The summed E-state index contributed by atoms with van der Waals surface area (Å²) >= 11 is 0. The van der Waals surface area contributed by atoms with Gasteiger partial charge in [-0.2, -0.15) is 0 Å². The van der Waals surface area contributed by atoms with Crippen molar-refractivity contribution in [3.63, 3.8) is 0 Å². The largest absolute Gasteiger partial charge is 0.459 e. The first kappa shape index (κ1) is 21.7. The van der Waals surface area contributed by atoms with Crippen molar-refractivity contribution in [2.45, 2.75) is 60.2 Å². The molecule has 0 fully saturated rings. The molecule has 6 heteroatoms. The number of ether oxygens (including phenoxy) is 1. The number of esters is 1. The Kier molecular flexibility index (Phi) is 6.65. The summed E-state index contributed by atoms with van der Waals surface area (Å²) < 4.78 is 7.41. The zero-order valence-corrected chi connectivity index (χ0v) is 17.7. The highest BCUT2D eigenvalue weighted by Gasteiger charge is 2.30. The van der Waals surface area contributed by atoms with Gasteiger partial charge in [-0.05, 0) is 31.9 Å². The Morgan fingerprint density at radius 1 is 1.07 bits per heavy atom. The summed E-state index contributed by atoms with van der Waals surface area (Å²) in [6.45, 7) is 12.0. The normalized spacial score (nSPS) is 11.9. The van der Waals surface area contributed by atoms with Gasteiger partial charge in [0.2, 0.25) is 5.91 Å². The SMILES string of the molecule is CC(C)(C)OC(=O)CN(Cc1ccccc1Cn1ccnc1)C(=O)C(C)(C)C. The minimum atomic E-state index is -0.596. The molecular formula is C22H31N3O3. The highest BCUT2D eigenvalue weighted by Crippen LogP contribution is 2.21. The number of rotatable bonds is 6. The molecule has 1 aromatic carbocycles. The molecule has 1 heterocycles. The van der Waals surface area contributed by atoms with Gasteiger partial charge in [0.1, 0.15) is 12.1 Å². The van der Waals surface area contributed by atoms with Crippen LogP contribution in [0.5, 0.6) is 0 Å². The fourth-order valence-corrected chi connectivity index (χ4v) is 2.85. The Hall–Kier alpha value is -2.63. The summed E-state index contributed by atoms with van der Waals surface area (Å²) in [4.78, 5) is 31.1. The second kappa shape index (κ2) is 8.59. The lowest BCUT2D eigenvalue weighted by Crippen LogP contribution is -2.43. The van der Waals surface area contributed by atoms with Crippen molar-refractivity contribution < 1.29 is 14.3 Å². The summed E-state index contributed by atoms with van der Waals surface area (Å²) in [7, 11) is 0. The van der Waals surface area contributed by atoms with Crippen LogP contribution >= 0.6 is 0 Å². The van der Waals surface area contributed by atoms with E-state index in [0.29, 0.717) is 13.1 Å². The van der Waals surface area contributed by atoms with Crippen molar-refractivity contribution in [3.05, 3.63) is 54.1 Å². The molecule has 2 aromatic rings. The van der Waals surface area contributed by atoms with E-state index in [2.05, 4.69) is 4.98 Å². The van der Waals surface area contributed by atoms with Crippen molar-refractivity contribution in [2.24, 2.45) is 5.41 Å². The topological polar surface area (TPSA) is 64.4 Å². The van der Waals surface area contributed by atoms with Gasteiger partial charge >= 0.3 is 5.97 Å². The van der Waals surface area contributed by atoms with Crippen LogP contribution in [0.4, 0.5) is 0 Å². The number of nitrogens with zero attached hydrogens (tertiary/aromatic N) is 3. The van der Waals surface area contributed by atoms with E-state index in [1.54, 1.807) is 17.4 Å². The third-order valence-electron chi connectivity index (χ3n) is 4.06. The third kappa shape index (κ3) is 6.51. The van der Waals surface area contributed by atoms with Crippen LogP contribution in [0.2, 0.25) is 0 Å². The van der Waals surface area contributed by atoms with Crippen LogP contribution in [-0.4, -0.2) is 38.5 Å². The standard InChI is InChI=1S/C22H31N3O3/c1-21(2,3)20(27)25(15-19(26)28-22(4,5)6)14-18-10-8-7-9-17(18)13-24-12-11-23-16-24/h7-12,16H,13-15H2,1-6H3. The lowest BCUT2D eigenvalue weighted by molar-refractivity contribution is -0.160. The first-order valence-corrected chi connectivity index (χ1v) is 9.49. The van der Waals surface area contributed by atoms with Crippen molar-refractivity contribution in [1.29, 1.82) is 0 Å². The van der Waals surface area contributed by atoms with E-state index in [-0.39, 0.29) is 12.5 Å². The van der Waals surface area contributed by atoms with Crippen molar-refractivity contribution in [2.75, 3.05) is 6.54 Å². The highest BCUT2D eigenvalue weighted by atomic mass is 16.6. The van der Waals surface area contributed by atoms with Gasteiger partial charge in [0, 0.05) is 30.9 Å². The molecule has 1 aromatic heterocycles. The van der Waals surface area contributed by atoms with Crippen molar-refractivity contribution >= 4 is 11.9 Å². The van der Waals surface area contributed by atoms with Crippen molar-refractivity contribution in [1.82, 2.24) is 14.5 Å². The molecule has 0 N–H and O–H groups in total. The van der Waals surface area contributed by atoms with Gasteiger partial charge in [0.15, 0.2) is 0 Å². The predicted molar refractivity (Wildman–Crippen MR) is 108 cm³/mol. The first-order chi connectivity index (χ1) is 13.0. The maximum atomic E-state index is 13.0. The highest BCUT2D eigenvalue weighted by molar-refractivity contribution is 5.85. The molecule has 6 nitrogen and oxygen atoms in total. The molecule has 0 unspecified atom stereocenters. The molecule has 0 bridgehead atoms. The molecular weight excluding hydrogens is 354 g/mol. The van der Waals surface area contributed by atoms with E-state index in [1.807, 2.05) is 76.6 Å². The van der Waals surface area contributed by atoms with Crippen LogP contribution in [0, 0.1) is 5.41 Å². The summed E-state index contributed by atoms with van der Waals surface area (Å²) in [5.41, 5.74) is 0.891. The number of hydrogen-bond donors (Lipinski definition) is 0. The monoisotopic (exact) mass is 385 g/mol. The minimum absolute atomic E-state index is 0.0766. The quantitative estimate of drug-likeness (QED) is 0.712. The minimum Gasteiger partial charge on any atom is -0.459 e. The van der Waals surface area contributed by atoms with Gasteiger partial charge in [0.25, 0.3) is 0 Å². The van der Waals surface area contributed by atoms with E-state index in [0.717, 1.165) is 11.1 Å². The number of hydrogen-bond acceptors (Lipinski definition) is 4. The summed E-state index contributed by atoms with van der Waals surface area (Å²) in [5, 5.41) is 0. The lowest BCUT2D eigenvalue weighted by atomic mass is 9.94.